The van der Waals surface area contributed by atoms with Crippen molar-refractivity contribution in [2.45, 2.75) is 37.1 Å². The first-order chi connectivity index (χ1) is 8.60. The molecule has 0 aliphatic carbocycles. The Balaban J connectivity index is 2.10. The highest BCUT2D eigenvalue weighted by atomic mass is 16.7. The Bertz CT molecular complexity index is 311. The maximum absolute atomic E-state index is 11.8. The minimum absolute atomic E-state index is 0.00394. The van der Waals surface area contributed by atoms with Crippen LogP contribution in [0.1, 0.15) is 12.8 Å². The first kappa shape index (κ1) is 13.7. The average Bonchev–Trinajstić information content (AvgIpc) is 2.57. The number of carbonyl (C=O) groups is 1. The molecule has 0 aromatic carbocycles. The molecule has 2 aliphatic heterocycles. The van der Waals surface area contributed by atoms with Crippen molar-refractivity contribution in [2.24, 2.45) is 5.92 Å². The van der Waals surface area contributed by atoms with Crippen molar-refractivity contribution in [3.8, 4) is 0 Å². The Morgan fingerprint density at radius 1 is 1.33 bits per heavy atom. The molecule has 0 aromatic heterocycles. The zero-order valence-electron chi connectivity index (χ0n) is 11.0. The van der Waals surface area contributed by atoms with E-state index < -0.39 is 12.0 Å². The molecule has 0 spiro atoms. The first-order valence-corrected chi connectivity index (χ1v) is 6.18. The molecule has 2 aliphatic rings. The minimum Gasteiger partial charge on any atom is -0.469 e. The van der Waals surface area contributed by atoms with Gasteiger partial charge in [0.05, 0.1) is 25.2 Å². The van der Waals surface area contributed by atoms with Crippen LogP contribution < -0.4 is 0 Å². The van der Waals surface area contributed by atoms with Crippen LogP contribution in [0, 0.1) is 5.92 Å². The number of aliphatic hydroxyl groups is 1. The third kappa shape index (κ3) is 2.25. The van der Waals surface area contributed by atoms with Gasteiger partial charge in [-0.25, -0.2) is 0 Å². The summed E-state index contributed by atoms with van der Waals surface area (Å²) in [6, 6.07) is 0.120. The zero-order chi connectivity index (χ0) is 13.3. The fourth-order valence-corrected chi connectivity index (χ4v) is 3.22. The Morgan fingerprint density at radius 3 is 2.67 bits per heavy atom. The number of carbonyl (C=O) groups excluding carboxylic acids is 1. The second-order valence-corrected chi connectivity index (χ2v) is 5.00. The number of hydrogen-bond donors (Lipinski definition) is 1. The minimum atomic E-state index is -0.653. The van der Waals surface area contributed by atoms with Crippen molar-refractivity contribution in [3.05, 3.63) is 0 Å². The second-order valence-electron chi connectivity index (χ2n) is 5.00. The summed E-state index contributed by atoms with van der Waals surface area (Å²) in [5, 5.41) is 10.1. The molecule has 6 nitrogen and oxygen atoms in total. The lowest BCUT2D eigenvalue weighted by Crippen LogP contribution is -2.53. The summed E-state index contributed by atoms with van der Waals surface area (Å²) in [7, 11) is 4.90. The smallest absolute Gasteiger partial charge is 0.312 e. The lowest BCUT2D eigenvalue weighted by Gasteiger charge is -2.39. The van der Waals surface area contributed by atoms with Gasteiger partial charge in [0.1, 0.15) is 6.79 Å². The quantitative estimate of drug-likeness (QED) is 0.547. The standard InChI is InChI=1S/C12H21NO5/c1-13-7-4-9(14)11(12(15)17-3)8(13)5-10(7)18-6-16-2/h7-11,14H,4-6H2,1-3H3/t7-,8-,9-,10+,11-/m1/s1. The summed E-state index contributed by atoms with van der Waals surface area (Å²) in [5.74, 6) is -0.822. The predicted molar refractivity (Wildman–Crippen MR) is 62.8 cm³/mol. The third-order valence-corrected chi connectivity index (χ3v) is 4.13. The monoisotopic (exact) mass is 259 g/mol. The van der Waals surface area contributed by atoms with E-state index in [-0.39, 0.29) is 30.9 Å². The molecule has 104 valence electrons. The van der Waals surface area contributed by atoms with E-state index >= 15 is 0 Å². The van der Waals surface area contributed by atoms with E-state index in [4.69, 9.17) is 14.2 Å². The molecular formula is C12H21NO5. The lowest BCUT2D eigenvalue weighted by molar-refractivity contribution is -0.156. The van der Waals surface area contributed by atoms with Gasteiger partial charge in [-0.2, -0.15) is 0 Å². The lowest BCUT2D eigenvalue weighted by atomic mass is 9.88. The summed E-state index contributed by atoms with van der Waals surface area (Å²) in [4.78, 5) is 13.9. The van der Waals surface area contributed by atoms with Crippen LogP contribution in [0.3, 0.4) is 0 Å². The van der Waals surface area contributed by atoms with Crippen LogP contribution in [0.4, 0.5) is 0 Å². The molecule has 5 atom stereocenters. The normalized spacial score (nSPS) is 39.9. The largest absolute Gasteiger partial charge is 0.469 e. The van der Waals surface area contributed by atoms with Gasteiger partial charge in [-0.15, -0.1) is 0 Å². The van der Waals surface area contributed by atoms with Gasteiger partial charge in [0.2, 0.25) is 0 Å². The number of likely N-dealkylation sites (N-methyl/N-ethyl adjacent to an activating group) is 1. The first-order valence-electron chi connectivity index (χ1n) is 6.18. The number of nitrogens with zero attached hydrogens (tertiary/aromatic N) is 1. The highest BCUT2D eigenvalue weighted by Crippen LogP contribution is 2.40. The molecule has 0 amide bonds. The SMILES string of the molecule is COCO[C@H]1C[C@@H]2[C@@H](C(=O)OC)[C@H](O)C[C@H]1N2C. The number of hydrogen-bond acceptors (Lipinski definition) is 6. The number of fused-ring (bicyclic) bond motifs is 2. The van der Waals surface area contributed by atoms with Crippen molar-refractivity contribution in [1.82, 2.24) is 4.90 Å². The van der Waals surface area contributed by atoms with Crippen LogP contribution in [0.5, 0.6) is 0 Å². The molecule has 0 aromatic rings. The van der Waals surface area contributed by atoms with E-state index in [1.54, 1.807) is 7.11 Å². The van der Waals surface area contributed by atoms with Gasteiger partial charge in [-0.05, 0) is 19.9 Å². The van der Waals surface area contributed by atoms with Gasteiger partial charge in [0.25, 0.3) is 0 Å². The maximum atomic E-state index is 11.8. The number of rotatable bonds is 4. The highest BCUT2D eigenvalue weighted by molar-refractivity contribution is 5.74. The molecule has 0 unspecified atom stereocenters. The van der Waals surface area contributed by atoms with Gasteiger partial charge < -0.3 is 19.3 Å². The van der Waals surface area contributed by atoms with Crippen LogP contribution in [-0.4, -0.2) is 68.3 Å². The zero-order valence-corrected chi connectivity index (χ0v) is 11.0. The van der Waals surface area contributed by atoms with Gasteiger partial charge >= 0.3 is 5.97 Å². The summed E-state index contributed by atoms with van der Waals surface area (Å²) < 4.78 is 15.3. The molecule has 2 saturated heterocycles. The van der Waals surface area contributed by atoms with E-state index in [1.807, 2.05) is 7.05 Å². The fraction of sp³-hybridized carbons (Fsp3) is 0.917. The third-order valence-electron chi connectivity index (χ3n) is 4.13. The summed E-state index contributed by atoms with van der Waals surface area (Å²) in [5.41, 5.74) is 0. The number of methoxy groups -OCH3 is 2. The summed E-state index contributed by atoms with van der Waals surface area (Å²) in [6.07, 6.45) is 0.603. The van der Waals surface area contributed by atoms with Crippen molar-refractivity contribution in [2.75, 3.05) is 28.1 Å². The Labute approximate surface area is 107 Å². The van der Waals surface area contributed by atoms with Gasteiger partial charge in [0.15, 0.2) is 0 Å². The maximum Gasteiger partial charge on any atom is 0.312 e. The van der Waals surface area contributed by atoms with Crippen molar-refractivity contribution in [3.63, 3.8) is 0 Å². The fourth-order valence-electron chi connectivity index (χ4n) is 3.22. The average molecular weight is 259 g/mol. The number of ether oxygens (including phenoxy) is 3. The van der Waals surface area contributed by atoms with Gasteiger partial charge in [0, 0.05) is 19.2 Å². The Hall–Kier alpha value is -0.690. The van der Waals surface area contributed by atoms with Crippen LogP contribution in [0.25, 0.3) is 0 Å². The molecule has 2 heterocycles. The second kappa shape index (κ2) is 5.52. The summed E-state index contributed by atoms with van der Waals surface area (Å²) in [6.45, 7) is 0.237. The molecule has 2 bridgehead atoms. The van der Waals surface area contributed by atoms with Crippen LogP contribution in [-0.2, 0) is 19.0 Å². The molecule has 2 fully saturated rings. The predicted octanol–water partition coefficient (Wildman–Crippen LogP) is -0.398. The molecule has 0 radical (unpaired) electrons. The van der Waals surface area contributed by atoms with Crippen LogP contribution >= 0.6 is 0 Å². The van der Waals surface area contributed by atoms with E-state index in [9.17, 15) is 9.90 Å². The number of esters is 1. The van der Waals surface area contributed by atoms with Crippen LogP contribution in [0.2, 0.25) is 0 Å². The summed E-state index contributed by atoms with van der Waals surface area (Å²) >= 11 is 0. The van der Waals surface area contributed by atoms with Crippen molar-refractivity contribution < 1.29 is 24.1 Å². The Kier molecular flexibility index (Phi) is 4.21. The van der Waals surface area contributed by atoms with Crippen molar-refractivity contribution >= 4 is 5.97 Å². The Morgan fingerprint density at radius 2 is 2.06 bits per heavy atom. The number of piperidine rings is 1. The van der Waals surface area contributed by atoms with Gasteiger partial charge in [-0.1, -0.05) is 0 Å². The van der Waals surface area contributed by atoms with Gasteiger partial charge in [-0.3, -0.25) is 9.69 Å². The highest BCUT2D eigenvalue weighted by Gasteiger charge is 2.53. The molecular weight excluding hydrogens is 238 g/mol. The molecule has 18 heavy (non-hydrogen) atoms. The molecule has 0 saturated carbocycles. The molecule has 1 N–H and O–H groups in total. The van der Waals surface area contributed by atoms with Crippen molar-refractivity contribution in [1.29, 1.82) is 0 Å². The van der Waals surface area contributed by atoms with E-state index in [0.717, 1.165) is 6.42 Å². The molecule has 6 heteroatoms. The van der Waals surface area contributed by atoms with E-state index in [2.05, 4.69) is 4.90 Å². The van der Waals surface area contributed by atoms with E-state index in [0.29, 0.717) is 6.42 Å². The van der Waals surface area contributed by atoms with Crippen LogP contribution in [0.15, 0.2) is 0 Å². The topological polar surface area (TPSA) is 68.2 Å². The molecule has 2 rings (SSSR count). The number of aliphatic hydroxyl groups excluding tert-OH is 1. The van der Waals surface area contributed by atoms with E-state index in [1.165, 1.54) is 7.11 Å².